The zero-order chi connectivity index (χ0) is 23.4. The zero-order valence-corrected chi connectivity index (χ0v) is 20.4. The van der Waals surface area contributed by atoms with Crippen molar-refractivity contribution in [3.05, 3.63) is 46.2 Å². The van der Waals surface area contributed by atoms with Gasteiger partial charge in [0.15, 0.2) is 11.6 Å². The molecule has 1 N–H and O–H groups in total. The van der Waals surface area contributed by atoms with Gasteiger partial charge >= 0.3 is 0 Å². The highest BCUT2D eigenvalue weighted by Gasteiger charge is 2.18. The summed E-state index contributed by atoms with van der Waals surface area (Å²) in [6, 6.07) is 7.80. The van der Waals surface area contributed by atoms with Crippen molar-refractivity contribution in [1.82, 2.24) is 15.1 Å². The molecule has 0 saturated carbocycles. The average Bonchev–Trinajstić information content (AvgIpc) is 3.21. The van der Waals surface area contributed by atoms with Crippen LogP contribution < -0.4 is 9.47 Å². The summed E-state index contributed by atoms with van der Waals surface area (Å²) in [5, 5.41) is 19.6. The van der Waals surface area contributed by atoms with E-state index >= 15 is 0 Å². The molecule has 2 aromatic carbocycles. The van der Waals surface area contributed by atoms with Crippen LogP contribution in [-0.2, 0) is 0 Å². The number of benzene rings is 2. The number of likely N-dealkylation sites (N-methyl/N-ethyl adjacent to an activating group) is 1. The first kappa shape index (κ1) is 24.7. The van der Waals surface area contributed by atoms with Gasteiger partial charge in [0.05, 0.1) is 28.8 Å². The van der Waals surface area contributed by atoms with E-state index in [4.69, 9.17) is 32.7 Å². The van der Waals surface area contributed by atoms with E-state index < -0.39 is 5.82 Å². The maximum atomic E-state index is 14.7. The van der Waals surface area contributed by atoms with Gasteiger partial charge in [0.2, 0.25) is 0 Å². The standard InChI is InChI=1S/C22H24Cl2FN3O3S/c1-12(2)31-19-6-5-13(7-17(19)24)21-26-27-22(32-21)15-8-18(25)20(9-16(15)23)30-11-14(10-29)28(3)4/h5-9,12,14,29H,10-11H2,1-4H3/t14-/m1/s1. The molecule has 0 fully saturated rings. The van der Waals surface area contributed by atoms with Gasteiger partial charge in [-0.25, -0.2) is 4.39 Å². The Bertz CT molecular complexity index is 1080. The summed E-state index contributed by atoms with van der Waals surface area (Å²) in [5.74, 6) is 0.0275. The van der Waals surface area contributed by atoms with Crippen LogP contribution in [0.5, 0.6) is 11.5 Å². The van der Waals surface area contributed by atoms with Crippen LogP contribution in [0, 0.1) is 5.82 Å². The van der Waals surface area contributed by atoms with Gasteiger partial charge < -0.3 is 19.5 Å². The van der Waals surface area contributed by atoms with Gasteiger partial charge in [0.1, 0.15) is 22.4 Å². The molecule has 1 heterocycles. The largest absolute Gasteiger partial charge is 0.489 e. The molecule has 3 aromatic rings. The number of aliphatic hydroxyl groups excluding tert-OH is 1. The van der Waals surface area contributed by atoms with E-state index in [1.54, 1.807) is 17.0 Å². The molecule has 6 nitrogen and oxygen atoms in total. The lowest BCUT2D eigenvalue weighted by molar-refractivity contribution is 0.116. The number of aliphatic hydroxyl groups is 1. The van der Waals surface area contributed by atoms with Gasteiger partial charge in [-0.3, -0.25) is 0 Å². The first-order valence-corrected chi connectivity index (χ1v) is 11.5. The fourth-order valence-corrected chi connectivity index (χ4v) is 4.18. The van der Waals surface area contributed by atoms with E-state index in [2.05, 4.69) is 10.2 Å². The minimum atomic E-state index is -0.574. The zero-order valence-electron chi connectivity index (χ0n) is 18.1. The molecule has 0 aliphatic carbocycles. The van der Waals surface area contributed by atoms with Crippen LogP contribution in [-0.4, -0.2) is 59.7 Å². The minimum absolute atomic E-state index is 0.00729. The second-order valence-corrected chi connectivity index (χ2v) is 9.39. The predicted molar refractivity (Wildman–Crippen MR) is 127 cm³/mol. The van der Waals surface area contributed by atoms with Crippen molar-refractivity contribution in [2.75, 3.05) is 27.3 Å². The van der Waals surface area contributed by atoms with E-state index in [1.165, 1.54) is 23.5 Å². The summed E-state index contributed by atoms with van der Waals surface area (Å²) in [7, 11) is 3.61. The monoisotopic (exact) mass is 499 g/mol. The summed E-state index contributed by atoms with van der Waals surface area (Å²) in [5.41, 5.74) is 1.18. The molecule has 3 rings (SSSR count). The third-order valence-electron chi connectivity index (χ3n) is 4.59. The predicted octanol–water partition coefficient (Wildman–Crippen LogP) is 5.41. The molecule has 0 spiro atoms. The Morgan fingerprint density at radius 1 is 1.06 bits per heavy atom. The van der Waals surface area contributed by atoms with Crippen molar-refractivity contribution in [2.45, 2.75) is 26.0 Å². The topological polar surface area (TPSA) is 67.7 Å². The number of hydrogen-bond donors (Lipinski definition) is 1. The SMILES string of the molecule is CC(C)Oc1ccc(-c2nnc(-c3cc(F)c(OC[C@@H](CO)N(C)C)cc3Cl)s2)cc1Cl. The molecule has 0 radical (unpaired) electrons. The summed E-state index contributed by atoms with van der Waals surface area (Å²) in [6.45, 7) is 3.86. The van der Waals surface area contributed by atoms with E-state index in [0.29, 0.717) is 26.4 Å². The summed E-state index contributed by atoms with van der Waals surface area (Å²) in [6.07, 6.45) is 0.00729. The molecule has 1 aromatic heterocycles. The van der Waals surface area contributed by atoms with Crippen LogP contribution in [0.25, 0.3) is 21.1 Å². The van der Waals surface area contributed by atoms with Gasteiger partial charge in [-0.15, -0.1) is 10.2 Å². The molecule has 0 aliphatic rings. The van der Waals surface area contributed by atoms with Gasteiger partial charge in [-0.2, -0.15) is 0 Å². The number of ether oxygens (including phenoxy) is 2. The summed E-state index contributed by atoms with van der Waals surface area (Å²) in [4.78, 5) is 1.80. The molecule has 0 aliphatic heterocycles. The fraction of sp³-hybridized carbons (Fsp3) is 0.364. The van der Waals surface area contributed by atoms with E-state index in [-0.39, 0.29) is 36.1 Å². The van der Waals surface area contributed by atoms with Crippen molar-refractivity contribution in [3.63, 3.8) is 0 Å². The second kappa shape index (κ2) is 10.8. The summed E-state index contributed by atoms with van der Waals surface area (Å²) < 4.78 is 25.8. The number of aromatic nitrogens is 2. The van der Waals surface area contributed by atoms with Crippen LogP contribution in [0.2, 0.25) is 10.0 Å². The van der Waals surface area contributed by atoms with Crippen LogP contribution in [0.3, 0.4) is 0 Å². The van der Waals surface area contributed by atoms with E-state index in [1.807, 2.05) is 34.0 Å². The van der Waals surface area contributed by atoms with Crippen LogP contribution in [0.1, 0.15) is 13.8 Å². The lowest BCUT2D eigenvalue weighted by atomic mass is 10.2. The van der Waals surface area contributed by atoms with Gasteiger partial charge in [-0.1, -0.05) is 34.5 Å². The van der Waals surface area contributed by atoms with Crippen molar-refractivity contribution < 1.29 is 19.0 Å². The first-order chi connectivity index (χ1) is 15.2. The molecule has 1 atom stereocenters. The Kier molecular flexibility index (Phi) is 8.30. The average molecular weight is 500 g/mol. The lowest BCUT2D eigenvalue weighted by Gasteiger charge is -2.22. The Balaban J connectivity index is 1.81. The van der Waals surface area contributed by atoms with Crippen LogP contribution in [0.15, 0.2) is 30.3 Å². The normalized spacial score (nSPS) is 12.4. The van der Waals surface area contributed by atoms with Crippen molar-refractivity contribution in [3.8, 4) is 32.6 Å². The highest BCUT2D eigenvalue weighted by molar-refractivity contribution is 7.18. The summed E-state index contributed by atoms with van der Waals surface area (Å²) >= 11 is 14.0. The lowest BCUT2D eigenvalue weighted by Crippen LogP contribution is -2.36. The molecule has 0 saturated heterocycles. The Hall–Kier alpha value is -1.97. The number of rotatable bonds is 9. The quantitative estimate of drug-likeness (QED) is 0.424. The van der Waals surface area contributed by atoms with Gasteiger partial charge in [-0.05, 0) is 52.2 Å². The minimum Gasteiger partial charge on any atom is -0.489 e. The first-order valence-electron chi connectivity index (χ1n) is 9.89. The Morgan fingerprint density at radius 3 is 2.41 bits per heavy atom. The third kappa shape index (κ3) is 5.88. The smallest absolute Gasteiger partial charge is 0.165 e. The van der Waals surface area contributed by atoms with E-state index in [9.17, 15) is 9.50 Å². The Labute approximate surface area is 200 Å². The van der Waals surface area contributed by atoms with Crippen molar-refractivity contribution >= 4 is 34.5 Å². The highest BCUT2D eigenvalue weighted by atomic mass is 35.5. The molecule has 0 unspecified atom stereocenters. The molecular formula is C22H24Cl2FN3O3S. The molecule has 172 valence electrons. The van der Waals surface area contributed by atoms with Crippen molar-refractivity contribution in [2.24, 2.45) is 0 Å². The maximum absolute atomic E-state index is 14.7. The highest BCUT2D eigenvalue weighted by Crippen LogP contribution is 2.38. The van der Waals surface area contributed by atoms with Crippen LogP contribution >= 0.6 is 34.5 Å². The molecule has 0 amide bonds. The molecule has 10 heteroatoms. The number of nitrogens with zero attached hydrogens (tertiary/aromatic N) is 3. The third-order valence-corrected chi connectivity index (χ3v) is 6.20. The molecule has 32 heavy (non-hydrogen) atoms. The van der Waals surface area contributed by atoms with Gasteiger partial charge in [0, 0.05) is 17.2 Å². The maximum Gasteiger partial charge on any atom is 0.165 e. The second-order valence-electron chi connectivity index (χ2n) is 7.60. The number of hydrogen-bond acceptors (Lipinski definition) is 7. The van der Waals surface area contributed by atoms with Crippen molar-refractivity contribution in [1.29, 1.82) is 0 Å². The Morgan fingerprint density at radius 2 is 1.78 bits per heavy atom. The van der Waals surface area contributed by atoms with Crippen LogP contribution in [0.4, 0.5) is 4.39 Å². The van der Waals surface area contributed by atoms with E-state index in [0.717, 1.165) is 5.56 Å². The molecule has 0 bridgehead atoms. The fourth-order valence-electron chi connectivity index (χ4n) is 2.79. The van der Waals surface area contributed by atoms with Gasteiger partial charge in [0.25, 0.3) is 0 Å². The molecular weight excluding hydrogens is 476 g/mol. The number of halogens is 3.